The number of urea groups is 1. The number of nitrogens with one attached hydrogen (secondary N) is 1. The van der Waals surface area contributed by atoms with Gasteiger partial charge < -0.3 is 10.2 Å². The monoisotopic (exact) mass is 383 g/mol. The maximum atomic E-state index is 13.9. The first-order chi connectivity index (χ1) is 12.8. The Kier molecular flexibility index (Phi) is 4.05. The Morgan fingerprint density at radius 1 is 1.19 bits per heavy atom. The minimum absolute atomic E-state index is 0.268. The second kappa shape index (κ2) is 6.17. The highest BCUT2D eigenvalue weighted by atomic mass is 19.4. The predicted molar refractivity (Wildman–Crippen MR) is 85.9 cm³/mol. The third kappa shape index (κ3) is 3.00. The van der Waals surface area contributed by atoms with Gasteiger partial charge in [0, 0.05) is 17.8 Å². The molecule has 1 aromatic carbocycles. The van der Waals surface area contributed by atoms with Gasteiger partial charge in [-0.1, -0.05) is 0 Å². The van der Waals surface area contributed by atoms with E-state index in [1.807, 2.05) is 0 Å². The number of carbonyl (C=O) groups is 1. The van der Waals surface area contributed by atoms with Crippen LogP contribution >= 0.6 is 0 Å². The fraction of sp³-hybridized carbons (Fsp3) is 0.333. The van der Waals surface area contributed by atoms with E-state index in [1.54, 1.807) is 6.07 Å². The Hall–Kier alpha value is -2.71. The van der Waals surface area contributed by atoms with E-state index in [0.717, 1.165) is 0 Å². The summed E-state index contributed by atoms with van der Waals surface area (Å²) >= 11 is 0. The van der Waals surface area contributed by atoms with Gasteiger partial charge in [0.15, 0.2) is 0 Å². The zero-order valence-electron chi connectivity index (χ0n) is 13.9. The minimum atomic E-state index is -4.65. The Labute approximate surface area is 151 Å². The molecule has 4 nitrogen and oxygen atoms in total. The van der Waals surface area contributed by atoms with E-state index in [1.165, 1.54) is 11.1 Å². The number of pyridine rings is 1. The largest absolute Gasteiger partial charge is 0.416 e. The Morgan fingerprint density at radius 2 is 1.96 bits per heavy atom. The Balaban J connectivity index is 1.62. The number of hydrogen-bond acceptors (Lipinski definition) is 2. The standard InChI is InChI=1S/C18H14F5N3O/c19-13-3-1-9(18(21,22)23)7-14(13)25-17(27)26-10-2-4-15(26)11-5-6-24-16(20)12(11)8-10/h1,3,5-7,10,15H,2,4,8H2,(H,25,27). The first-order valence-corrected chi connectivity index (χ1v) is 8.35. The molecule has 4 rings (SSSR count). The van der Waals surface area contributed by atoms with Gasteiger partial charge in [0.05, 0.1) is 17.3 Å². The molecule has 0 saturated carbocycles. The zero-order valence-corrected chi connectivity index (χ0v) is 13.9. The van der Waals surface area contributed by atoms with Gasteiger partial charge in [-0.05, 0) is 49.1 Å². The lowest BCUT2D eigenvalue weighted by Crippen LogP contribution is -2.44. The summed E-state index contributed by atoms with van der Waals surface area (Å²) in [5, 5.41) is 2.24. The average Bonchev–Trinajstić information content (AvgIpc) is 2.92. The number of hydrogen-bond donors (Lipinski definition) is 1. The van der Waals surface area contributed by atoms with Gasteiger partial charge in [0.25, 0.3) is 0 Å². The summed E-state index contributed by atoms with van der Waals surface area (Å²) in [6, 6.07) is 2.05. The quantitative estimate of drug-likeness (QED) is 0.575. The topological polar surface area (TPSA) is 45.2 Å². The lowest BCUT2D eigenvalue weighted by molar-refractivity contribution is -0.137. The molecule has 2 atom stereocenters. The van der Waals surface area contributed by atoms with Crippen LogP contribution in [0, 0.1) is 11.8 Å². The number of fused-ring (bicyclic) bond motifs is 4. The number of aromatic nitrogens is 1. The fourth-order valence-electron chi connectivity index (χ4n) is 3.90. The van der Waals surface area contributed by atoms with Gasteiger partial charge >= 0.3 is 12.2 Å². The van der Waals surface area contributed by atoms with E-state index in [2.05, 4.69) is 10.3 Å². The van der Waals surface area contributed by atoms with E-state index in [-0.39, 0.29) is 12.5 Å². The van der Waals surface area contributed by atoms with Gasteiger partial charge in [-0.25, -0.2) is 14.2 Å². The van der Waals surface area contributed by atoms with Crippen LogP contribution in [0.25, 0.3) is 0 Å². The van der Waals surface area contributed by atoms with Crippen molar-refractivity contribution >= 4 is 11.7 Å². The number of nitrogens with zero attached hydrogens (tertiary/aromatic N) is 2. The lowest BCUT2D eigenvalue weighted by atomic mass is 9.95. The molecule has 1 saturated heterocycles. The molecule has 9 heteroatoms. The van der Waals surface area contributed by atoms with Crippen LogP contribution in [0.5, 0.6) is 0 Å². The van der Waals surface area contributed by atoms with Crippen molar-refractivity contribution in [2.75, 3.05) is 5.32 Å². The molecule has 1 N–H and O–H groups in total. The third-order valence-corrected chi connectivity index (χ3v) is 5.11. The maximum absolute atomic E-state index is 13.9. The molecule has 2 amide bonds. The van der Waals surface area contributed by atoms with Crippen LogP contribution in [-0.2, 0) is 12.6 Å². The van der Waals surface area contributed by atoms with Crippen molar-refractivity contribution in [3.63, 3.8) is 0 Å². The molecule has 2 unspecified atom stereocenters. The molecule has 142 valence electrons. The summed E-state index contributed by atoms with van der Waals surface area (Å²) in [7, 11) is 0. The number of rotatable bonds is 1. The van der Waals surface area contributed by atoms with E-state index < -0.39 is 41.3 Å². The molecule has 2 bridgehead atoms. The van der Waals surface area contributed by atoms with Crippen molar-refractivity contribution in [2.24, 2.45) is 0 Å². The summed E-state index contributed by atoms with van der Waals surface area (Å²) in [6.45, 7) is 0. The predicted octanol–water partition coefficient (Wildman–Crippen LogP) is 4.67. The summed E-state index contributed by atoms with van der Waals surface area (Å²) in [5.74, 6) is -1.54. The number of anilines is 1. The maximum Gasteiger partial charge on any atom is 0.416 e. The first-order valence-electron chi connectivity index (χ1n) is 8.35. The number of halogens is 5. The van der Waals surface area contributed by atoms with Crippen molar-refractivity contribution in [2.45, 2.75) is 37.5 Å². The molecule has 2 aromatic rings. The molecule has 3 heterocycles. The summed E-state index contributed by atoms with van der Waals surface area (Å²) in [5.41, 5.74) is -0.504. The smallest absolute Gasteiger partial charge is 0.314 e. The lowest BCUT2D eigenvalue weighted by Gasteiger charge is -2.36. The summed E-state index contributed by atoms with van der Waals surface area (Å²) in [6.07, 6.45) is -1.85. The normalized spacial score (nSPS) is 21.1. The van der Waals surface area contributed by atoms with Crippen LogP contribution in [-0.4, -0.2) is 22.0 Å². The zero-order chi connectivity index (χ0) is 19.3. The fourth-order valence-corrected chi connectivity index (χ4v) is 3.90. The Bertz CT molecular complexity index is 914. The van der Waals surface area contributed by atoms with Crippen LogP contribution in [0.1, 0.15) is 35.6 Å². The number of carbonyl (C=O) groups excluding carboxylic acids is 1. The van der Waals surface area contributed by atoms with Gasteiger partial charge in [0.2, 0.25) is 5.95 Å². The van der Waals surface area contributed by atoms with Crippen LogP contribution in [0.4, 0.5) is 32.4 Å². The van der Waals surface area contributed by atoms with Crippen molar-refractivity contribution in [3.05, 3.63) is 58.9 Å². The Morgan fingerprint density at radius 3 is 2.70 bits per heavy atom. The van der Waals surface area contributed by atoms with Crippen molar-refractivity contribution in [1.82, 2.24) is 9.88 Å². The molecule has 27 heavy (non-hydrogen) atoms. The minimum Gasteiger partial charge on any atom is -0.314 e. The van der Waals surface area contributed by atoms with E-state index in [9.17, 15) is 26.7 Å². The van der Waals surface area contributed by atoms with Crippen molar-refractivity contribution < 1.29 is 26.7 Å². The number of benzene rings is 1. The summed E-state index contributed by atoms with van der Waals surface area (Å²) in [4.78, 5) is 17.8. The van der Waals surface area contributed by atoms with Crippen LogP contribution in [0.3, 0.4) is 0 Å². The highest BCUT2D eigenvalue weighted by Crippen LogP contribution is 2.44. The number of amides is 2. The third-order valence-electron chi connectivity index (χ3n) is 5.11. The van der Waals surface area contributed by atoms with E-state index in [4.69, 9.17) is 0 Å². The van der Waals surface area contributed by atoms with Gasteiger partial charge in [-0.2, -0.15) is 17.6 Å². The molecule has 1 fully saturated rings. The molecular formula is C18H14F5N3O. The highest BCUT2D eigenvalue weighted by Gasteiger charge is 2.44. The van der Waals surface area contributed by atoms with E-state index >= 15 is 0 Å². The van der Waals surface area contributed by atoms with E-state index in [0.29, 0.717) is 42.2 Å². The molecule has 2 aliphatic heterocycles. The van der Waals surface area contributed by atoms with Gasteiger partial charge in [-0.3, -0.25) is 0 Å². The molecule has 2 aliphatic rings. The highest BCUT2D eigenvalue weighted by molar-refractivity contribution is 5.90. The molecule has 0 spiro atoms. The average molecular weight is 383 g/mol. The van der Waals surface area contributed by atoms with Crippen molar-refractivity contribution in [1.29, 1.82) is 0 Å². The van der Waals surface area contributed by atoms with Crippen LogP contribution < -0.4 is 5.32 Å². The van der Waals surface area contributed by atoms with Crippen LogP contribution in [0.15, 0.2) is 30.5 Å². The van der Waals surface area contributed by atoms with Crippen molar-refractivity contribution in [3.8, 4) is 0 Å². The van der Waals surface area contributed by atoms with Gasteiger partial charge in [0.1, 0.15) is 5.82 Å². The van der Waals surface area contributed by atoms with Crippen LogP contribution in [0.2, 0.25) is 0 Å². The molecular weight excluding hydrogens is 369 g/mol. The summed E-state index contributed by atoms with van der Waals surface area (Å²) < 4.78 is 66.4. The second-order valence-electron chi connectivity index (χ2n) is 6.65. The number of alkyl halides is 3. The second-order valence-corrected chi connectivity index (χ2v) is 6.65. The first kappa shape index (κ1) is 17.7. The molecule has 1 aromatic heterocycles. The SMILES string of the molecule is O=C(Nc1cc(C(F)(F)F)ccc1F)N1C2CCC1c1ccnc(F)c1C2. The van der Waals surface area contributed by atoms with Gasteiger partial charge in [-0.15, -0.1) is 0 Å². The molecule has 0 aliphatic carbocycles. The molecule has 0 radical (unpaired) electrons.